The van der Waals surface area contributed by atoms with Crippen LogP contribution in [-0.2, 0) is 9.36 Å². The van der Waals surface area contributed by atoms with Crippen LogP contribution in [0.4, 0.5) is 0 Å². The van der Waals surface area contributed by atoms with E-state index in [4.69, 9.17) is 67.3 Å². The summed E-state index contributed by atoms with van der Waals surface area (Å²) in [6, 6.07) is 6.64. The van der Waals surface area contributed by atoms with Crippen LogP contribution >= 0.6 is 66.7 Å². The Morgan fingerprint density at radius 1 is 0.923 bits per heavy atom. The molecule has 0 spiro atoms. The van der Waals surface area contributed by atoms with Crippen molar-refractivity contribution >= 4 is 78.2 Å². The van der Waals surface area contributed by atoms with Crippen LogP contribution in [0.3, 0.4) is 0 Å². The highest BCUT2D eigenvalue weighted by Gasteiger charge is 2.22. The van der Waals surface area contributed by atoms with Crippen LogP contribution in [0.15, 0.2) is 30.3 Å². The summed E-state index contributed by atoms with van der Waals surface area (Å²) in [6.45, 7) is 1.71. The highest BCUT2D eigenvalue weighted by molar-refractivity contribution is 7.17. The second-order valence-electron chi connectivity index (χ2n) is 4.86. The Hall–Kier alpha value is -1.00. The highest BCUT2D eigenvalue weighted by Crippen LogP contribution is 2.48. The SMILES string of the molecule is CC(=CC(=O)Oc1c(Cl)c(Cl)c(Cl)c(Cl)c1Cl)c1ccc(O[PH+]=O)cc1. The first-order valence-corrected chi connectivity index (χ1v) is 9.52. The zero-order chi connectivity index (χ0) is 19.4. The molecule has 0 radical (unpaired) electrons. The van der Waals surface area contributed by atoms with Gasteiger partial charge in [0.2, 0.25) is 0 Å². The maximum Gasteiger partial charge on any atom is 0.542 e. The number of rotatable bonds is 5. The normalized spacial score (nSPS) is 11.5. The fourth-order valence-corrected chi connectivity index (χ4v) is 3.33. The number of carbonyl (C=O) groups excluding carboxylic acids is 1. The van der Waals surface area contributed by atoms with Crippen molar-refractivity contribution in [2.45, 2.75) is 6.92 Å². The van der Waals surface area contributed by atoms with Gasteiger partial charge in [-0.25, -0.2) is 4.79 Å². The maximum absolute atomic E-state index is 12.2. The van der Waals surface area contributed by atoms with Crippen molar-refractivity contribution < 1.29 is 18.6 Å². The summed E-state index contributed by atoms with van der Waals surface area (Å²) in [4.78, 5) is 12.2. The minimum atomic E-state index is -0.894. The summed E-state index contributed by atoms with van der Waals surface area (Å²) < 4.78 is 20.5. The molecule has 0 fully saturated rings. The van der Waals surface area contributed by atoms with Gasteiger partial charge in [-0.15, -0.1) is 0 Å². The van der Waals surface area contributed by atoms with Crippen molar-refractivity contribution in [2.24, 2.45) is 0 Å². The van der Waals surface area contributed by atoms with Gasteiger partial charge >= 0.3 is 14.7 Å². The van der Waals surface area contributed by atoms with E-state index >= 15 is 0 Å². The fraction of sp³-hybridized carbons (Fsp3) is 0.0625. The van der Waals surface area contributed by atoms with E-state index in [1.54, 1.807) is 31.2 Å². The number of benzene rings is 2. The number of carbonyl (C=O) groups is 1. The minimum Gasteiger partial charge on any atom is -0.420 e. The molecule has 1 unspecified atom stereocenters. The molecule has 0 N–H and O–H groups in total. The van der Waals surface area contributed by atoms with Crippen molar-refractivity contribution in [1.82, 2.24) is 0 Å². The summed E-state index contributed by atoms with van der Waals surface area (Å²) >= 11 is 29.8. The van der Waals surface area contributed by atoms with E-state index < -0.39 is 14.7 Å². The predicted octanol–water partition coefficient (Wildman–Crippen LogP) is 7.28. The molecule has 2 aromatic carbocycles. The predicted molar refractivity (Wildman–Crippen MR) is 107 cm³/mol. The molecule has 136 valence electrons. The third kappa shape index (κ3) is 4.83. The summed E-state index contributed by atoms with van der Waals surface area (Å²) in [7, 11) is -0.894. The van der Waals surface area contributed by atoms with Crippen LogP contribution in [0.25, 0.3) is 5.57 Å². The van der Waals surface area contributed by atoms with E-state index in [2.05, 4.69) is 0 Å². The van der Waals surface area contributed by atoms with Gasteiger partial charge in [0.15, 0.2) is 11.5 Å². The molecule has 0 aliphatic heterocycles. The van der Waals surface area contributed by atoms with Crippen molar-refractivity contribution in [3.63, 3.8) is 0 Å². The summed E-state index contributed by atoms with van der Waals surface area (Å²) in [5, 5.41) is -0.409. The zero-order valence-corrected chi connectivity index (χ0v) is 17.7. The molecule has 26 heavy (non-hydrogen) atoms. The van der Waals surface area contributed by atoms with Gasteiger partial charge in [0, 0.05) is 6.08 Å². The number of ether oxygens (including phenoxy) is 1. The van der Waals surface area contributed by atoms with Crippen molar-refractivity contribution in [3.05, 3.63) is 61.0 Å². The van der Waals surface area contributed by atoms with Crippen molar-refractivity contribution in [3.8, 4) is 11.5 Å². The first kappa shape index (κ1) is 21.3. The second kappa shape index (κ2) is 9.27. The first-order chi connectivity index (χ1) is 12.3. The van der Waals surface area contributed by atoms with E-state index in [1.165, 1.54) is 6.08 Å². The number of allylic oxidation sites excluding steroid dienone is 1. The Kier molecular flexibility index (Phi) is 7.60. The Labute approximate surface area is 175 Å². The lowest BCUT2D eigenvalue weighted by Gasteiger charge is -2.11. The lowest BCUT2D eigenvalue weighted by molar-refractivity contribution is -0.128. The van der Waals surface area contributed by atoms with Gasteiger partial charge in [-0.1, -0.05) is 70.1 Å². The van der Waals surface area contributed by atoms with Crippen LogP contribution in [0.1, 0.15) is 12.5 Å². The molecule has 0 aliphatic carbocycles. The highest BCUT2D eigenvalue weighted by atomic mass is 35.5. The molecule has 0 aliphatic rings. The van der Waals surface area contributed by atoms with E-state index in [1.807, 2.05) is 0 Å². The molecule has 2 rings (SSSR count). The Bertz CT molecular complexity index is 867. The standard InChI is InChI=1S/C16H9Cl5O4P/c1-7(8-2-4-9(5-3-8)25-26-23)6-10(22)24-16-14(20)12(18)11(17)13(19)15(16)21/h2-6,26H,1H3/q+1. The topological polar surface area (TPSA) is 52.6 Å². The van der Waals surface area contributed by atoms with Crippen molar-refractivity contribution in [2.75, 3.05) is 0 Å². The molecule has 0 saturated heterocycles. The molecule has 2 aromatic rings. The number of hydrogen-bond acceptors (Lipinski definition) is 4. The van der Waals surface area contributed by atoms with Crippen LogP contribution in [-0.4, -0.2) is 5.97 Å². The molecular weight excluding hydrogens is 464 g/mol. The lowest BCUT2D eigenvalue weighted by Crippen LogP contribution is -2.06. The summed E-state index contributed by atoms with van der Waals surface area (Å²) in [6.07, 6.45) is 1.24. The maximum atomic E-state index is 12.2. The van der Waals surface area contributed by atoms with Gasteiger partial charge in [0.05, 0.1) is 15.1 Å². The van der Waals surface area contributed by atoms with Crippen molar-refractivity contribution in [1.29, 1.82) is 0 Å². The van der Waals surface area contributed by atoms with E-state index in [-0.39, 0.29) is 30.9 Å². The third-order valence-electron chi connectivity index (χ3n) is 3.18. The average Bonchev–Trinajstić information content (AvgIpc) is 2.63. The van der Waals surface area contributed by atoms with E-state index in [0.717, 1.165) is 5.56 Å². The molecular formula is C16H9Cl5O4P+. The van der Waals surface area contributed by atoms with Gasteiger partial charge in [0.1, 0.15) is 10.0 Å². The monoisotopic (exact) mass is 471 g/mol. The molecule has 0 saturated carbocycles. The fourth-order valence-electron chi connectivity index (χ4n) is 1.90. The van der Waals surface area contributed by atoms with Gasteiger partial charge in [-0.3, -0.25) is 4.52 Å². The van der Waals surface area contributed by atoms with Gasteiger partial charge < -0.3 is 4.74 Å². The summed E-state index contributed by atoms with van der Waals surface area (Å²) in [5.41, 5.74) is 1.33. The Morgan fingerprint density at radius 3 is 1.92 bits per heavy atom. The van der Waals surface area contributed by atoms with E-state index in [9.17, 15) is 9.36 Å². The molecule has 0 aromatic heterocycles. The largest absolute Gasteiger partial charge is 0.542 e. The van der Waals surface area contributed by atoms with Crippen LogP contribution in [0.5, 0.6) is 11.5 Å². The molecule has 10 heteroatoms. The first-order valence-electron chi connectivity index (χ1n) is 6.82. The van der Waals surface area contributed by atoms with Crippen LogP contribution < -0.4 is 9.26 Å². The molecule has 0 heterocycles. The third-order valence-corrected chi connectivity index (χ3v) is 5.74. The Balaban J connectivity index is 2.25. The van der Waals surface area contributed by atoms with E-state index in [0.29, 0.717) is 11.3 Å². The second-order valence-corrected chi connectivity index (χ2v) is 7.12. The molecule has 1 atom stereocenters. The zero-order valence-electron chi connectivity index (χ0n) is 12.9. The average molecular weight is 473 g/mol. The lowest BCUT2D eigenvalue weighted by atomic mass is 10.1. The van der Waals surface area contributed by atoms with Gasteiger partial charge in [0.25, 0.3) is 0 Å². The van der Waals surface area contributed by atoms with Gasteiger partial charge in [-0.2, -0.15) is 0 Å². The van der Waals surface area contributed by atoms with Gasteiger partial charge in [-0.05, 0) is 34.8 Å². The number of hydrogen-bond donors (Lipinski definition) is 0. The Morgan fingerprint density at radius 2 is 1.42 bits per heavy atom. The smallest absolute Gasteiger partial charge is 0.420 e. The quantitative estimate of drug-likeness (QED) is 0.114. The molecule has 4 nitrogen and oxygen atoms in total. The van der Waals surface area contributed by atoms with Crippen LogP contribution in [0, 0.1) is 0 Å². The minimum absolute atomic E-state index is 0.0316. The van der Waals surface area contributed by atoms with Crippen LogP contribution in [0.2, 0.25) is 25.1 Å². The number of esters is 1. The number of halogens is 5. The molecule has 0 amide bonds. The summed E-state index contributed by atoms with van der Waals surface area (Å²) in [5.74, 6) is -0.467. The molecule has 0 bridgehead atoms.